The molecule has 6 nitrogen and oxygen atoms in total. The van der Waals surface area contributed by atoms with Gasteiger partial charge in [0.25, 0.3) is 0 Å². The van der Waals surface area contributed by atoms with Crippen LogP contribution < -0.4 is 4.74 Å². The Hall–Kier alpha value is -3.18. The second kappa shape index (κ2) is 10.7. The van der Waals surface area contributed by atoms with E-state index < -0.39 is 15.3 Å². The molecule has 0 amide bonds. The first kappa shape index (κ1) is 26.9. The topological polar surface area (TPSA) is 92.9 Å². The van der Waals surface area contributed by atoms with E-state index in [0.29, 0.717) is 33.6 Å². The zero-order chi connectivity index (χ0) is 26.8. The number of ether oxygens (including phenoxy) is 1. The normalized spacial score (nSPS) is 11.9. The van der Waals surface area contributed by atoms with Crippen LogP contribution in [0.4, 0.5) is 0 Å². The number of sulfone groups is 1. The molecule has 2 heterocycles. The highest BCUT2D eigenvalue weighted by molar-refractivity contribution is 7.89. The van der Waals surface area contributed by atoms with Gasteiger partial charge in [-0.15, -0.1) is 11.6 Å². The number of hydrogen-bond acceptors (Lipinski definition) is 6. The van der Waals surface area contributed by atoms with Crippen molar-refractivity contribution in [2.45, 2.75) is 25.0 Å². The molecule has 0 radical (unpaired) electrons. The molecule has 0 aliphatic rings. The molecule has 0 fully saturated rings. The van der Waals surface area contributed by atoms with Crippen LogP contribution in [0, 0.1) is 11.3 Å². The molecule has 0 atom stereocenters. The Morgan fingerprint density at radius 1 is 1.03 bits per heavy atom. The van der Waals surface area contributed by atoms with Crippen LogP contribution in [0.2, 0.25) is 5.02 Å². The summed E-state index contributed by atoms with van der Waals surface area (Å²) in [5.41, 5.74) is 4.76. The van der Waals surface area contributed by atoms with Crippen LogP contribution in [0.1, 0.15) is 36.2 Å². The van der Waals surface area contributed by atoms with Crippen molar-refractivity contribution in [3.63, 3.8) is 0 Å². The summed E-state index contributed by atoms with van der Waals surface area (Å²) in [5.74, 6) is 0.531. The summed E-state index contributed by atoms with van der Waals surface area (Å²) < 4.78 is 28.7. The maximum atomic E-state index is 11.6. The van der Waals surface area contributed by atoms with E-state index in [9.17, 15) is 13.7 Å². The smallest absolute Gasteiger partial charge is 0.159 e. The highest BCUT2D eigenvalue weighted by Gasteiger charge is 2.26. The number of nitriles is 1. The fourth-order valence-electron chi connectivity index (χ4n) is 4.13. The first-order valence-electron chi connectivity index (χ1n) is 11.5. The largest absolute Gasteiger partial charge is 0.489 e. The van der Waals surface area contributed by atoms with Gasteiger partial charge in [0.2, 0.25) is 0 Å². The Bertz CT molecular complexity index is 1610. The average Bonchev–Trinajstić information content (AvgIpc) is 2.86. The van der Waals surface area contributed by atoms with Crippen LogP contribution in [0.15, 0.2) is 60.8 Å². The van der Waals surface area contributed by atoms with Gasteiger partial charge in [-0.3, -0.25) is 0 Å². The van der Waals surface area contributed by atoms with Crippen molar-refractivity contribution in [1.29, 1.82) is 5.26 Å². The van der Waals surface area contributed by atoms with Crippen molar-refractivity contribution in [2.24, 2.45) is 0 Å². The Morgan fingerprint density at radius 3 is 2.41 bits per heavy atom. The summed E-state index contributed by atoms with van der Waals surface area (Å²) in [6.45, 7) is 4.42. The van der Waals surface area contributed by atoms with Gasteiger partial charge in [-0.1, -0.05) is 49.7 Å². The van der Waals surface area contributed by atoms with Crippen LogP contribution in [0.5, 0.6) is 5.75 Å². The molecule has 190 valence electrons. The molecule has 2 aromatic heterocycles. The number of benzene rings is 2. The molecule has 37 heavy (non-hydrogen) atoms. The quantitative estimate of drug-likeness (QED) is 0.237. The Balaban J connectivity index is 1.62. The maximum absolute atomic E-state index is 11.6. The van der Waals surface area contributed by atoms with Crippen LogP contribution in [0.3, 0.4) is 0 Å². The van der Waals surface area contributed by atoms with Crippen molar-refractivity contribution >= 4 is 44.1 Å². The molecule has 0 aliphatic carbocycles. The molecule has 9 heteroatoms. The third-order valence-corrected chi connectivity index (χ3v) is 7.41. The SMILES string of the molecule is CC(C)(c1ccc(-c2cnc3nc(CS(C)(=O)=O)ccc3c2)cc1)c1cc(Cl)c(OCCCl)c(C#N)c1. The summed E-state index contributed by atoms with van der Waals surface area (Å²) in [6, 6.07) is 19.5. The molecule has 0 bridgehead atoms. The molecular weight excluding hydrogens is 529 g/mol. The summed E-state index contributed by atoms with van der Waals surface area (Å²) in [7, 11) is -3.17. The molecule has 0 saturated carbocycles. The van der Waals surface area contributed by atoms with Crippen LogP contribution in [0.25, 0.3) is 22.2 Å². The zero-order valence-electron chi connectivity index (χ0n) is 20.6. The number of halogens is 2. The van der Waals surface area contributed by atoms with E-state index in [2.05, 4.69) is 29.9 Å². The third kappa shape index (κ3) is 6.04. The molecule has 0 unspecified atom stereocenters. The second-order valence-electron chi connectivity index (χ2n) is 9.33. The van der Waals surface area contributed by atoms with Gasteiger partial charge in [0.05, 0.1) is 27.9 Å². The lowest BCUT2D eigenvalue weighted by molar-refractivity contribution is 0.341. The Morgan fingerprint density at radius 2 is 1.76 bits per heavy atom. The molecular formula is C28H25Cl2N3O3S. The molecule has 0 spiro atoms. The number of fused-ring (bicyclic) bond motifs is 1. The van der Waals surface area contributed by atoms with E-state index in [1.807, 2.05) is 48.5 Å². The van der Waals surface area contributed by atoms with Gasteiger partial charge in [0, 0.05) is 28.8 Å². The minimum atomic E-state index is -3.17. The summed E-state index contributed by atoms with van der Waals surface area (Å²) in [5, 5.41) is 10.8. The number of rotatable bonds is 8. The first-order valence-corrected chi connectivity index (χ1v) is 14.5. The van der Waals surface area contributed by atoms with Gasteiger partial charge >= 0.3 is 0 Å². The molecule has 0 N–H and O–H groups in total. The lowest BCUT2D eigenvalue weighted by Gasteiger charge is -2.27. The monoisotopic (exact) mass is 553 g/mol. The second-order valence-corrected chi connectivity index (χ2v) is 12.3. The molecule has 0 aliphatic heterocycles. The van der Waals surface area contributed by atoms with E-state index >= 15 is 0 Å². The molecule has 4 rings (SSSR count). The van der Waals surface area contributed by atoms with Crippen molar-refractivity contribution in [3.05, 3.63) is 88.2 Å². The van der Waals surface area contributed by atoms with Crippen molar-refractivity contribution < 1.29 is 13.2 Å². The highest BCUT2D eigenvalue weighted by atomic mass is 35.5. The number of aromatic nitrogens is 2. The first-order chi connectivity index (χ1) is 17.5. The van der Waals surface area contributed by atoms with Crippen molar-refractivity contribution in [3.8, 4) is 22.9 Å². The van der Waals surface area contributed by atoms with Crippen LogP contribution >= 0.6 is 23.2 Å². The van der Waals surface area contributed by atoms with E-state index in [1.54, 1.807) is 12.3 Å². The van der Waals surface area contributed by atoms with Gasteiger partial charge < -0.3 is 4.74 Å². The Kier molecular flexibility index (Phi) is 7.75. The summed E-state index contributed by atoms with van der Waals surface area (Å²) in [6.07, 6.45) is 2.92. The lowest BCUT2D eigenvalue weighted by Crippen LogP contribution is -2.19. The van der Waals surface area contributed by atoms with Gasteiger partial charge in [-0.05, 0) is 47.0 Å². The van der Waals surface area contributed by atoms with Gasteiger partial charge in [-0.2, -0.15) is 5.26 Å². The lowest BCUT2D eigenvalue weighted by atomic mass is 9.77. The molecule has 0 saturated heterocycles. The molecule has 4 aromatic rings. The van der Waals surface area contributed by atoms with Gasteiger partial charge in [-0.25, -0.2) is 18.4 Å². The number of pyridine rings is 2. The van der Waals surface area contributed by atoms with Crippen molar-refractivity contribution in [2.75, 3.05) is 18.7 Å². The third-order valence-electron chi connectivity index (χ3n) is 6.16. The average molecular weight is 554 g/mol. The summed E-state index contributed by atoms with van der Waals surface area (Å²) >= 11 is 12.2. The minimum Gasteiger partial charge on any atom is -0.489 e. The number of nitrogens with zero attached hydrogens (tertiary/aromatic N) is 3. The summed E-state index contributed by atoms with van der Waals surface area (Å²) in [4.78, 5) is 8.83. The number of hydrogen-bond donors (Lipinski definition) is 0. The van der Waals surface area contributed by atoms with Gasteiger partial charge in [0.15, 0.2) is 21.2 Å². The Labute approximate surface area is 226 Å². The fraction of sp³-hybridized carbons (Fsp3) is 0.250. The zero-order valence-corrected chi connectivity index (χ0v) is 23.0. The predicted molar refractivity (Wildman–Crippen MR) is 148 cm³/mol. The van der Waals surface area contributed by atoms with E-state index in [4.69, 9.17) is 27.9 Å². The standard InChI is InChI=1S/C28H25Cl2N3O3S/c1-28(2,23-13-20(15-31)26(25(30)14-23)36-11-10-29)22-7-4-18(5-8-22)21-12-19-6-9-24(17-37(3,34)35)33-27(19)32-16-21/h4-9,12-14,16H,10-11,17H2,1-3H3. The minimum absolute atomic E-state index is 0.117. The van der Waals surface area contributed by atoms with E-state index in [-0.39, 0.29) is 12.4 Å². The van der Waals surface area contributed by atoms with Crippen LogP contribution in [-0.2, 0) is 21.0 Å². The molecule has 2 aromatic carbocycles. The van der Waals surface area contributed by atoms with Gasteiger partial charge in [0.1, 0.15) is 12.7 Å². The van der Waals surface area contributed by atoms with E-state index in [0.717, 1.165) is 27.6 Å². The predicted octanol–water partition coefficient (Wildman–Crippen LogP) is 6.31. The van der Waals surface area contributed by atoms with E-state index in [1.165, 1.54) is 6.26 Å². The fourth-order valence-corrected chi connectivity index (χ4v) is 5.18. The number of alkyl halides is 1. The van der Waals surface area contributed by atoms with Crippen molar-refractivity contribution in [1.82, 2.24) is 9.97 Å². The highest BCUT2D eigenvalue weighted by Crippen LogP contribution is 2.38. The van der Waals surface area contributed by atoms with Crippen LogP contribution in [-0.4, -0.2) is 37.1 Å². The maximum Gasteiger partial charge on any atom is 0.159 e.